The van der Waals surface area contributed by atoms with Gasteiger partial charge in [0.15, 0.2) is 0 Å². The predicted molar refractivity (Wildman–Crippen MR) is 81.2 cm³/mol. The highest BCUT2D eigenvalue weighted by atomic mass is 35.5. The third-order valence-corrected chi connectivity index (χ3v) is 3.74. The minimum atomic E-state index is -0.00591. The Bertz CT molecular complexity index is 546. The highest BCUT2D eigenvalue weighted by Crippen LogP contribution is 2.29. The minimum Gasteiger partial charge on any atom is -0.497 e. The summed E-state index contributed by atoms with van der Waals surface area (Å²) >= 11 is 6.54. The summed E-state index contributed by atoms with van der Waals surface area (Å²) in [5.41, 5.74) is 4.88. The van der Waals surface area contributed by atoms with Crippen LogP contribution < -0.4 is 4.74 Å². The van der Waals surface area contributed by atoms with Gasteiger partial charge in [0.2, 0.25) is 0 Å². The lowest BCUT2D eigenvalue weighted by molar-refractivity contribution is 0.414. The Balaban J connectivity index is 2.15. The molecule has 0 saturated heterocycles. The maximum absolute atomic E-state index is 6.54. The molecule has 1 atom stereocenters. The van der Waals surface area contributed by atoms with E-state index in [1.54, 1.807) is 7.11 Å². The lowest BCUT2D eigenvalue weighted by Gasteiger charge is -2.14. The second kappa shape index (κ2) is 6.12. The first-order valence-electron chi connectivity index (χ1n) is 6.44. The van der Waals surface area contributed by atoms with Crippen molar-refractivity contribution < 1.29 is 4.74 Å². The molecule has 19 heavy (non-hydrogen) atoms. The Labute approximate surface area is 120 Å². The van der Waals surface area contributed by atoms with Crippen LogP contribution in [0.5, 0.6) is 5.75 Å². The zero-order valence-electron chi connectivity index (χ0n) is 11.6. The van der Waals surface area contributed by atoms with Crippen LogP contribution in [0.25, 0.3) is 0 Å². The number of methoxy groups -OCH3 is 1. The molecule has 0 aliphatic rings. The molecule has 0 aliphatic heterocycles. The number of hydrogen-bond acceptors (Lipinski definition) is 1. The molecular weight excluding hydrogens is 256 g/mol. The van der Waals surface area contributed by atoms with E-state index in [1.807, 2.05) is 12.1 Å². The third-order valence-electron chi connectivity index (χ3n) is 3.35. The van der Waals surface area contributed by atoms with Gasteiger partial charge in [0.1, 0.15) is 5.75 Å². The van der Waals surface area contributed by atoms with Crippen molar-refractivity contribution in [2.45, 2.75) is 25.6 Å². The van der Waals surface area contributed by atoms with E-state index in [2.05, 4.69) is 44.2 Å². The van der Waals surface area contributed by atoms with Crippen molar-refractivity contribution in [3.63, 3.8) is 0 Å². The molecule has 0 bridgehead atoms. The van der Waals surface area contributed by atoms with E-state index in [0.29, 0.717) is 0 Å². The molecule has 0 N–H and O–H groups in total. The van der Waals surface area contributed by atoms with Crippen LogP contribution in [0.1, 0.15) is 27.6 Å². The topological polar surface area (TPSA) is 9.23 Å². The molecule has 100 valence electrons. The fraction of sp³-hybridized carbons (Fsp3) is 0.294. The molecule has 1 unspecified atom stereocenters. The fourth-order valence-electron chi connectivity index (χ4n) is 2.17. The van der Waals surface area contributed by atoms with Crippen LogP contribution >= 0.6 is 11.6 Å². The normalized spacial score (nSPS) is 12.2. The standard InChI is InChI=1S/C17H19ClO/c1-12-4-6-14(7-5-12)11-17(18)16-9-8-15(19-3)10-13(16)2/h4-10,17H,11H2,1-3H3. The predicted octanol–water partition coefficient (Wildman–Crippen LogP) is 4.83. The van der Waals surface area contributed by atoms with Crippen LogP contribution in [0.2, 0.25) is 0 Å². The van der Waals surface area contributed by atoms with E-state index >= 15 is 0 Å². The number of hydrogen-bond donors (Lipinski definition) is 0. The van der Waals surface area contributed by atoms with E-state index in [0.717, 1.165) is 12.2 Å². The Morgan fingerprint density at radius 2 is 1.74 bits per heavy atom. The zero-order chi connectivity index (χ0) is 13.8. The molecule has 0 aliphatic carbocycles. The smallest absolute Gasteiger partial charge is 0.119 e. The van der Waals surface area contributed by atoms with Gasteiger partial charge in [-0.05, 0) is 49.1 Å². The molecule has 0 radical (unpaired) electrons. The average Bonchev–Trinajstić information content (AvgIpc) is 2.41. The molecule has 2 aromatic carbocycles. The summed E-state index contributed by atoms with van der Waals surface area (Å²) in [6, 6.07) is 14.6. The first-order chi connectivity index (χ1) is 9.10. The van der Waals surface area contributed by atoms with Gasteiger partial charge in [-0.2, -0.15) is 0 Å². The van der Waals surface area contributed by atoms with Crippen molar-refractivity contribution in [1.29, 1.82) is 0 Å². The minimum absolute atomic E-state index is 0.00591. The molecule has 2 aromatic rings. The van der Waals surface area contributed by atoms with Crippen molar-refractivity contribution in [3.05, 3.63) is 64.7 Å². The summed E-state index contributed by atoms with van der Waals surface area (Å²) in [6.07, 6.45) is 0.842. The highest BCUT2D eigenvalue weighted by molar-refractivity contribution is 6.21. The number of benzene rings is 2. The van der Waals surface area contributed by atoms with Gasteiger partial charge < -0.3 is 4.74 Å². The summed E-state index contributed by atoms with van der Waals surface area (Å²) in [7, 11) is 1.68. The molecule has 0 spiro atoms. The lowest BCUT2D eigenvalue weighted by Crippen LogP contribution is -1.99. The lowest BCUT2D eigenvalue weighted by atomic mass is 9.99. The first-order valence-corrected chi connectivity index (χ1v) is 6.88. The largest absolute Gasteiger partial charge is 0.497 e. The summed E-state index contributed by atoms with van der Waals surface area (Å²) in [6.45, 7) is 4.16. The van der Waals surface area contributed by atoms with Gasteiger partial charge in [-0.15, -0.1) is 11.6 Å². The first kappa shape index (κ1) is 14.0. The van der Waals surface area contributed by atoms with Crippen LogP contribution in [0.3, 0.4) is 0 Å². The maximum Gasteiger partial charge on any atom is 0.119 e. The van der Waals surface area contributed by atoms with Gasteiger partial charge in [0, 0.05) is 0 Å². The van der Waals surface area contributed by atoms with Gasteiger partial charge in [0.25, 0.3) is 0 Å². The van der Waals surface area contributed by atoms with Gasteiger partial charge in [0.05, 0.1) is 12.5 Å². The number of ether oxygens (including phenoxy) is 1. The summed E-state index contributed by atoms with van der Waals surface area (Å²) in [4.78, 5) is 0. The average molecular weight is 275 g/mol. The Hall–Kier alpha value is -1.47. The molecule has 0 fully saturated rings. The van der Waals surface area contributed by atoms with Gasteiger partial charge in [-0.3, -0.25) is 0 Å². The van der Waals surface area contributed by atoms with Crippen LogP contribution in [-0.2, 0) is 6.42 Å². The van der Waals surface area contributed by atoms with Gasteiger partial charge in [-0.25, -0.2) is 0 Å². The summed E-state index contributed by atoms with van der Waals surface area (Å²) in [5.74, 6) is 0.875. The van der Waals surface area contributed by atoms with Crippen LogP contribution in [0.4, 0.5) is 0 Å². The van der Waals surface area contributed by atoms with Gasteiger partial charge in [-0.1, -0.05) is 35.9 Å². The monoisotopic (exact) mass is 274 g/mol. The number of halogens is 1. The number of rotatable bonds is 4. The Morgan fingerprint density at radius 1 is 1.05 bits per heavy atom. The molecule has 0 saturated carbocycles. The van der Waals surface area contributed by atoms with E-state index in [4.69, 9.17) is 16.3 Å². The Morgan fingerprint density at radius 3 is 2.32 bits per heavy atom. The summed E-state index contributed by atoms with van der Waals surface area (Å²) in [5, 5.41) is -0.00591. The molecule has 2 heteroatoms. The van der Waals surface area contributed by atoms with Crippen molar-refractivity contribution in [2.24, 2.45) is 0 Å². The van der Waals surface area contributed by atoms with Crippen molar-refractivity contribution >= 4 is 11.6 Å². The third kappa shape index (κ3) is 3.51. The second-order valence-corrected chi connectivity index (χ2v) is 5.41. The van der Waals surface area contributed by atoms with E-state index in [9.17, 15) is 0 Å². The molecular formula is C17H19ClO. The number of aryl methyl sites for hydroxylation is 2. The fourth-order valence-corrected chi connectivity index (χ4v) is 2.59. The van der Waals surface area contributed by atoms with Crippen molar-refractivity contribution in [3.8, 4) is 5.75 Å². The number of alkyl halides is 1. The van der Waals surface area contributed by atoms with Crippen molar-refractivity contribution in [2.75, 3.05) is 7.11 Å². The summed E-state index contributed by atoms with van der Waals surface area (Å²) < 4.78 is 5.22. The quantitative estimate of drug-likeness (QED) is 0.725. The highest BCUT2D eigenvalue weighted by Gasteiger charge is 2.12. The van der Waals surface area contributed by atoms with E-state index < -0.39 is 0 Å². The molecule has 0 aromatic heterocycles. The molecule has 1 nitrogen and oxygen atoms in total. The van der Waals surface area contributed by atoms with Crippen LogP contribution in [-0.4, -0.2) is 7.11 Å². The van der Waals surface area contributed by atoms with E-state index in [1.165, 1.54) is 22.3 Å². The molecule has 0 heterocycles. The Kier molecular flexibility index (Phi) is 4.49. The van der Waals surface area contributed by atoms with Crippen molar-refractivity contribution in [1.82, 2.24) is 0 Å². The SMILES string of the molecule is COc1ccc(C(Cl)Cc2ccc(C)cc2)c(C)c1. The van der Waals surface area contributed by atoms with Gasteiger partial charge >= 0.3 is 0 Å². The molecule has 0 amide bonds. The molecule has 2 rings (SSSR count). The van der Waals surface area contributed by atoms with E-state index in [-0.39, 0.29) is 5.38 Å². The van der Waals surface area contributed by atoms with Crippen LogP contribution in [0.15, 0.2) is 42.5 Å². The zero-order valence-corrected chi connectivity index (χ0v) is 12.4. The van der Waals surface area contributed by atoms with Crippen LogP contribution in [0, 0.1) is 13.8 Å². The second-order valence-electron chi connectivity index (χ2n) is 4.88. The maximum atomic E-state index is 6.54.